The quantitative estimate of drug-likeness (QED) is 0.638. The minimum absolute atomic E-state index is 0. The highest BCUT2D eigenvalue weighted by Gasteiger charge is 2.35. The number of carbonyl (C=O) groups excluding carboxylic acids is 1. The number of likely N-dealkylation sites (tertiary alicyclic amines) is 1. The summed E-state index contributed by atoms with van der Waals surface area (Å²) in [5, 5.41) is 10.5. The maximum Gasteiger partial charge on any atom is 0.251 e. The molecule has 2 fully saturated rings. The predicted octanol–water partition coefficient (Wildman–Crippen LogP) is 3.24. The van der Waals surface area contributed by atoms with Crippen molar-refractivity contribution in [3.05, 3.63) is 69.7 Å². The second-order valence-corrected chi connectivity index (χ2v) is 8.95. The van der Waals surface area contributed by atoms with Gasteiger partial charge in [-0.1, -0.05) is 41.9 Å². The Kier molecular flexibility index (Phi) is 8.36. The van der Waals surface area contributed by atoms with E-state index in [1.165, 1.54) is 24.0 Å². The number of nitrogens with one attached hydrogen (secondary N) is 3. The molecular formula is C24H32Cl2N4O. The van der Waals surface area contributed by atoms with E-state index >= 15 is 0 Å². The van der Waals surface area contributed by atoms with Crippen LogP contribution in [-0.4, -0.2) is 56.1 Å². The number of halogens is 2. The van der Waals surface area contributed by atoms with E-state index in [0.717, 1.165) is 51.3 Å². The van der Waals surface area contributed by atoms with Gasteiger partial charge in [0.05, 0.1) is 0 Å². The SMILES string of the molecule is CNC(=O)c1ccc(Cc2ccc(CN3CCC4(CC3)CNCCN4)cc2)c(Cl)c1.Cl. The smallest absolute Gasteiger partial charge is 0.251 e. The van der Waals surface area contributed by atoms with E-state index in [1.54, 1.807) is 13.1 Å². The number of amides is 1. The van der Waals surface area contributed by atoms with Crippen LogP contribution in [0.4, 0.5) is 0 Å². The molecule has 2 aliphatic rings. The summed E-state index contributed by atoms with van der Waals surface area (Å²) in [6.45, 7) is 6.56. The average Bonchev–Trinajstić information content (AvgIpc) is 2.78. The molecule has 2 aromatic carbocycles. The third-order valence-corrected chi connectivity index (χ3v) is 6.80. The van der Waals surface area contributed by atoms with Crippen LogP contribution >= 0.6 is 24.0 Å². The molecule has 168 valence electrons. The molecule has 1 spiro atoms. The van der Waals surface area contributed by atoms with Crippen LogP contribution in [0.15, 0.2) is 42.5 Å². The topological polar surface area (TPSA) is 56.4 Å². The number of hydrogen-bond donors (Lipinski definition) is 3. The van der Waals surface area contributed by atoms with E-state index in [2.05, 4.69) is 45.1 Å². The maximum absolute atomic E-state index is 11.7. The van der Waals surface area contributed by atoms with Gasteiger partial charge < -0.3 is 16.0 Å². The van der Waals surface area contributed by atoms with E-state index in [-0.39, 0.29) is 18.3 Å². The number of piperazine rings is 1. The van der Waals surface area contributed by atoms with Gasteiger partial charge in [-0.2, -0.15) is 0 Å². The molecule has 0 aliphatic carbocycles. The van der Waals surface area contributed by atoms with Crippen LogP contribution in [0.3, 0.4) is 0 Å². The van der Waals surface area contributed by atoms with Crippen molar-refractivity contribution in [1.82, 2.24) is 20.9 Å². The molecule has 2 aliphatic heterocycles. The van der Waals surface area contributed by atoms with E-state index < -0.39 is 0 Å². The number of piperidine rings is 1. The Bertz CT molecular complexity index is 872. The largest absolute Gasteiger partial charge is 0.355 e. The molecule has 0 atom stereocenters. The lowest BCUT2D eigenvalue weighted by Gasteiger charge is -2.45. The number of carbonyl (C=O) groups is 1. The standard InChI is InChI=1S/C24H31ClN4O.ClH/c1-26-23(30)21-7-6-20(22(25)15-21)14-18-2-4-19(5-3-18)16-29-12-8-24(9-13-29)17-27-10-11-28-24;/h2-7,15,27-28H,8-14,16-17H2,1H3,(H,26,30);1H. The van der Waals surface area contributed by atoms with Crippen molar-refractivity contribution < 1.29 is 4.79 Å². The lowest BCUT2D eigenvalue weighted by atomic mass is 9.86. The van der Waals surface area contributed by atoms with Gasteiger partial charge in [-0.15, -0.1) is 12.4 Å². The Balaban J connectivity index is 0.00000272. The lowest BCUT2D eigenvalue weighted by molar-refractivity contribution is 0.0963. The normalized spacial score (nSPS) is 18.4. The third kappa shape index (κ3) is 5.99. The highest BCUT2D eigenvalue weighted by molar-refractivity contribution is 6.31. The number of rotatable bonds is 5. The zero-order chi connectivity index (χ0) is 21.0. The summed E-state index contributed by atoms with van der Waals surface area (Å²) < 4.78 is 0. The second kappa shape index (κ2) is 10.8. The fraction of sp³-hybridized carbons (Fsp3) is 0.458. The van der Waals surface area contributed by atoms with Crippen molar-refractivity contribution in [3.63, 3.8) is 0 Å². The summed E-state index contributed by atoms with van der Waals surface area (Å²) in [6.07, 6.45) is 3.18. The fourth-order valence-electron chi connectivity index (χ4n) is 4.52. The van der Waals surface area contributed by atoms with Gasteiger partial charge in [0, 0.05) is 62.4 Å². The molecule has 4 rings (SSSR count). The second-order valence-electron chi connectivity index (χ2n) is 8.54. The molecule has 0 radical (unpaired) electrons. The maximum atomic E-state index is 11.7. The van der Waals surface area contributed by atoms with Gasteiger partial charge in [0.25, 0.3) is 5.91 Å². The molecule has 0 aromatic heterocycles. The average molecular weight is 463 g/mol. The van der Waals surface area contributed by atoms with Crippen LogP contribution < -0.4 is 16.0 Å². The highest BCUT2D eigenvalue weighted by atomic mass is 35.5. The van der Waals surface area contributed by atoms with E-state index in [0.29, 0.717) is 16.1 Å². The summed E-state index contributed by atoms with van der Waals surface area (Å²) in [4.78, 5) is 14.3. The molecule has 3 N–H and O–H groups in total. The lowest BCUT2D eigenvalue weighted by Crippen LogP contribution is -2.63. The van der Waals surface area contributed by atoms with Crippen LogP contribution in [0, 0.1) is 0 Å². The molecular weight excluding hydrogens is 431 g/mol. The number of hydrogen-bond acceptors (Lipinski definition) is 4. The van der Waals surface area contributed by atoms with Gasteiger partial charge in [0.15, 0.2) is 0 Å². The minimum atomic E-state index is -0.119. The van der Waals surface area contributed by atoms with Gasteiger partial charge in [-0.25, -0.2) is 0 Å². The molecule has 2 aromatic rings. The van der Waals surface area contributed by atoms with Crippen molar-refractivity contribution in [2.75, 3.05) is 39.8 Å². The Morgan fingerprint density at radius 3 is 2.42 bits per heavy atom. The van der Waals surface area contributed by atoms with E-state index in [1.807, 2.05) is 12.1 Å². The molecule has 0 unspecified atom stereocenters. The number of benzene rings is 2. The van der Waals surface area contributed by atoms with Crippen molar-refractivity contribution >= 4 is 29.9 Å². The Morgan fingerprint density at radius 2 is 1.81 bits per heavy atom. The first-order valence-electron chi connectivity index (χ1n) is 10.8. The Labute approximate surface area is 196 Å². The molecule has 2 heterocycles. The first-order valence-corrected chi connectivity index (χ1v) is 11.2. The summed E-state index contributed by atoms with van der Waals surface area (Å²) in [7, 11) is 1.62. The summed E-state index contributed by atoms with van der Waals surface area (Å²) in [5.74, 6) is -0.119. The first kappa shape index (κ1) is 24.0. The first-order chi connectivity index (χ1) is 14.6. The van der Waals surface area contributed by atoms with Crippen LogP contribution in [0.25, 0.3) is 0 Å². The zero-order valence-electron chi connectivity index (χ0n) is 18.0. The predicted molar refractivity (Wildman–Crippen MR) is 129 cm³/mol. The third-order valence-electron chi connectivity index (χ3n) is 6.44. The molecule has 0 bridgehead atoms. The van der Waals surface area contributed by atoms with Gasteiger partial charge in [0.1, 0.15) is 0 Å². The van der Waals surface area contributed by atoms with E-state index in [9.17, 15) is 4.79 Å². The van der Waals surface area contributed by atoms with Crippen LogP contribution in [0.2, 0.25) is 5.02 Å². The number of nitrogens with zero attached hydrogens (tertiary/aromatic N) is 1. The van der Waals surface area contributed by atoms with E-state index in [4.69, 9.17) is 11.6 Å². The van der Waals surface area contributed by atoms with Crippen LogP contribution in [-0.2, 0) is 13.0 Å². The fourth-order valence-corrected chi connectivity index (χ4v) is 4.76. The highest BCUT2D eigenvalue weighted by Crippen LogP contribution is 2.25. The molecule has 1 amide bonds. The van der Waals surface area contributed by atoms with Gasteiger partial charge in [-0.05, 0) is 48.1 Å². The molecule has 7 heteroatoms. The monoisotopic (exact) mass is 462 g/mol. The van der Waals surface area contributed by atoms with Crippen LogP contribution in [0.5, 0.6) is 0 Å². The summed E-state index contributed by atoms with van der Waals surface area (Å²) in [6, 6.07) is 14.4. The van der Waals surface area contributed by atoms with Crippen molar-refractivity contribution in [1.29, 1.82) is 0 Å². The van der Waals surface area contributed by atoms with Crippen molar-refractivity contribution in [2.45, 2.75) is 31.3 Å². The summed E-state index contributed by atoms with van der Waals surface area (Å²) in [5.41, 5.74) is 4.51. The van der Waals surface area contributed by atoms with Gasteiger partial charge in [0.2, 0.25) is 0 Å². The molecule has 0 saturated carbocycles. The minimum Gasteiger partial charge on any atom is -0.355 e. The van der Waals surface area contributed by atoms with Crippen molar-refractivity contribution in [2.24, 2.45) is 0 Å². The van der Waals surface area contributed by atoms with Crippen molar-refractivity contribution in [3.8, 4) is 0 Å². The Morgan fingerprint density at radius 1 is 1.10 bits per heavy atom. The molecule has 2 saturated heterocycles. The zero-order valence-corrected chi connectivity index (χ0v) is 19.6. The van der Waals surface area contributed by atoms with Crippen LogP contribution in [0.1, 0.15) is 39.9 Å². The Hall–Kier alpha value is -1.63. The molecule has 5 nitrogen and oxygen atoms in total. The molecule has 31 heavy (non-hydrogen) atoms. The van der Waals surface area contributed by atoms with Gasteiger partial charge in [-0.3, -0.25) is 9.69 Å². The summed E-state index contributed by atoms with van der Waals surface area (Å²) >= 11 is 6.41. The van der Waals surface area contributed by atoms with Gasteiger partial charge >= 0.3 is 0 Å².